The van der Waals surface area contributed by atoms with E-state index in [0.717, 1.165) is 29.0 Å². The van der Waals surface area contributed by atoms with E-state index < -0.39 is 11.4 Å². The molecule has 0 saturated carbocycles. The van der Waals surface area contributed by atoms with Gasteiger partial charge in [-0.1, -0.05) is 6.07 Å². The molecule has 0 saturated heterocycles. The lowest BCUT2D eigenvalue weighted by atomic mass is 9.84. The number of ether oxygens (including phenoxy) is 2. The van der Waals surface area contributed by atoms with Gasteiger partial charge in [-0.25, -0.2) is 0 Å². The number of carboxylic acid groups (broad SMARTS) is 1. The van der Waals surface area contributed by atoms with Gasteiger partial charge in [0, 0.05) is 5.56 Å². The number of hydrogen-bond acceptors (Lipinski definition) is 3. The normalized spacial score (nSPS) is 25.6. The van der Waals surface area contributed by atoms with Gasteiger partial charge in [0.15, 0.2) is 11.5 Å². The standard InChI is InChI=1S/C12H12O4/c1-12(11(13)14)5-4-7-8(12)2-3-9-10(7)16-6-15-9/h2-3H,4-6H2,1H3,(H,13,14)/t12-/m1/s1. The van der Waals surface area contributed by atoms with E-state index in [1.165, 1.54) is 0 Å². The van der Waals surface area contributed by atoms with E-state index in [-0.39, 0.29) is 6.79 Å². The highest BCUT2D eigenvalue weighted by Crippen LogP contribution is 2.48. The first-order chi connectivity index (χ1) is 7.63. The van der Waals surface area contributed by atoms with Crippen molar-refractivity contribution in [3.05, 3.63) is 23.3 Å². The average molecular weight is 220 g/mol. The van der Waals surface area contributed by atoms with E-state index in [1.807, 2.05) is 6.07 Å². The fourth-order valence-electron chi connectivity index (χ4n) is 2.53. The van der Waals surface area contributed by atoms with Gasteiger partial charge in [-0.05, 0) is 31.4 Å². The zero-order valence-corrected chi connectivity index (χ0v) is 8.95. The van der Waals surface area contributed by atoms with Crippen LogP contribution in [0.3, 0.4) is 0 Å². The number of carbonyl (C=O) groups is 1. The lowest BCUT2D eigenvalue weighted by Crippen LogP contribution is -2.29. The minimum atomic E-state index is -0.781. The van der Waals surface area contributed by atoms with E-state index in [1.54, 1.807) is 13.0 Å². The Morgan fingerprint density at radius 2 is 2.25 bits per heavy atom. The van der Waals surface area contributed by atoms with Crippen LogP contribution in [0, 0.1) is 0 Å². The summed E-state index contributed by atoms with van der Waals surface area (Å²) in [6, 6.07) is 3.65. The Morgan fingerprint density at radius 1 is 1.44 bits per heavy atom. The zero-order chi connectivity index (χ0) is 11.3. The van der Waals surface area contributed by atoms with Crippen molar-refractivity contribution in [1.82, 2.24) is 0 Å². The number of aliphatic carboxylic acids is 1. The number of fused-ring (bicyclic) bond motifs is 3. The lowest BCUT2D eigenvalue weighted by Gasteiger charge is -2.19. The van der Waals surface area contributed by atoms with Crippen LogP contribution in [0.4, 0.5) is 0 Å². The molecule has 2 aliphatic rings. The second kappa shape index (κ2) is 2.90. The van der Waals surface area contributed by atoms with Crippen molar-refractivity contribution in [2.24, 2.45) is 0 Å². The molecule has 3 rings (SSSR count). The maximum atomic E-state index is 11.3. The molecule has 1 aromatic carbocycles. The molecule has 0 unspecified atom stereocenters. The highest BCUT2D eigenvalue weighted by atomic mass is 16.7. The summed E-state index contributed by atoms with van der Waals surface area (Å²) in [6.45, 7) is 2.00. The first-order valence-corrected chi connectivity index (χ1v) is 5.28. The first-order valence-electron chi connectivity index (χ1n) is 5.28. The molecule has 1 heterocycles. The van der Waals surface area contributed by atoms with Crippen LogP contribution in [0.15, 0.2) is 12.1 Å². The molecule has 0 spiro atoms. The molecule has 1 atom stereocenters. The molecule has 16 heavy (non-hydrogen) atoms. The van der Waals surface area contributed by atoms with E-state index in [4.69, 9.17) is 9.47 Å². The van der Waals surface area contributed by atoms with Crippen LogP contribution in [-0.2, 0) is 16.6 Å². The molecule has 1 N–H and O–H groups in total. The molecule has 84 valence electrons. The molecule has 4 heteroatoms. The number of benzene rings is 1. The molecule has 1 aromatic rings. The molecule has 4 nitrogen and oxygen atoms in total. The van der Waals surface area contributed by atoms with Gasteiger partial charge in [0.25, 0.3) is 0 Å². The van der Waals surface area contributed by atoms with E-state index in [0.29, 0.717) is 6.42 Å². The Hall–Kier alpha value is -1.71. The van der Waals surface area contributed by atoms with E-state index in [2.05, 4.69) is 0 Å². The van der Waals surface area contributed by atoms with Gasteiger partial charge in [0.2, 0.25) is 6.79 Å². The fourth-order valence-corrected chi connectivity index (χ4v) is 2.53. The first kappa shape index (κ1) is 9.51. The molecule has 0 bridgehead atoms. The third-order valence-corrected chi connectivity index (χ3v) is 3.58. The van der Waals surface area contributed by atoms with Gasteiger partial charge < -0.3 is 14.6 Å². The highest BCUT2D eigenvalue weighted by molar-refractivity contribution is 5.83. The highest BCUT2D eigenvalue weighted by Gasteiger charge is 2.43. The molecule has 1 aliphatic carbocycles. The summed E-state index contributed by atoms with van der Waals surface area (Å²) in [4.78, 5) is 11.3. The quantitative estimate of drug-likeness (QED) is 0.782. The van der Waals surface area contributed by atoms with E-state index in [9.17, 15) is 9.90 Å². The van der Waals surface area contributed by atoms with Crippen molar-refractivity contribution in [3.63, 3.8) is 0 Å². The lowest BCUT2D eigenvalue weighted by molar-refractivity contribution is -0.143. The summed E-state index contributed by atoms with van der Waals surface area (Å²) in [7, 11) is 0. The average Bonchev–Trinajstić information content (AvgIpc) is 2.82. The summed E-state index contributed by atoms with van der Waals surface area (Å²) in [5.74, 6) is 0.695. The number of rotatable bonds is 1. The SMILES string of the molecule is C[C@@]1(C(=O)O)CCc2c1ccc1c2OCO1. The topological polar surface area (TPSA) is 55.8 Å². The van der Waals surface area contributed by atoms with Gasteiger partial charge in [-0.15, -0.1) is 0 Å². The smallest absolute Gasteiger partial charge is 0.313 e. The Kier molecular flexibility index (Phi) is 1.73. The minimum absolute atomic E-state index is 0.232. The fraction of sp³-hybridized carbons (Fsp3) is 0.417. The minimum Gasteiger partial charge on any atom is -0.481 e. The maximum Gasteiger partial charge on any atom is 0.313 e. The monoisotopic (exact) mass is 220 g/mol. The zero-order valence-electron chi connectivity index (χ0n) is 8.95. The van der Waals surface area contributed by atoms with E-state index >= 15 is 0 Å². The second-order valence-corrected chi connectivity index (χ2v) is 4.46. The van der Waals surface area contributed by atoms with Crippen LogP contribution < -0.4 is 9.47 Å². The predicted molar refractivity (Wildman–Crippen MR) is 55.9 cm³/mol. The van der Waals surface area contributed by atoms with Crippen LogP contribution in [0.2, 0.25) is 0 Å². The van der Waals surface area contributed by atoms with Crippen molar-refractivity contribution < 1.29 is 19.4 Å². The summed E-state index contributed by atoms with van der Waals surface area (Å²) >= 11 is 0. The summed E-state index contributed by atoms with van der Waals surface area (Å²) in [5.41, 5.74) is 1.08. The third kappa shape index (κ3) is 1.01. The van der Waals surface area contributed by atoms with Crippen LogP contribution in [0.25, 0.3) is 0 Å². The van der Waals surface area contributed by atoms with Crippen molar-refractivity contribution in [1.29, 1.82) is 0 Å². The summed E-state index contributed by atoms with van der Waals surface area (Å²) in [6.07, 6.45) is 1.36. The van der Waals surface area contributed by atoms with Crippen LogP contribution in [0.5, 0.6) is 11.5 Å². The summed E-state index contributed by atoms with van der Waals surface area (Å²) in [5, 5.41) is 9.30. The van der Waals surface area contributed by atoms with Gasteiger partial charge in [0.05, 0.1) is 5.41 Å². The van der Waals surface area contributed by atoms with Gasteiger partial charge >= 0.3 is 5.97 Å². The van der Waals surface area contributed by atoms with Crippen LogP contribution >= 0.6 is 0 Å². The largest absolute Gasteiger partial charge is 0.481 e. The van der Waals surface area contributed by atoms with Gasteiger partial charge in [-0.2, -0.15) is 0 Å². The Bertz CT molecular complexity index is 480. The molecule has 1 aliphatic heterocycles. The van der Waals surface area contributed by atoms with Crippen LogP contribution in [0.1, 0.15) is 24.5 Å². The molecule has 0 amide bonds. The van der Waals surface area contributed by atoms with Crippen molar-refractivity contribution >= 4 is 5.97 Å². The summed E-state index contributed by atoms with van der Waals surface area (Å²) < 4.78 is 10.7. The number of carboxylic acids is 1. The Morgan fingerprint density at radius 3 is 3.00 bits per heavy atom. The van der Waals surface area contributed by atoms with Crippen molar-refractivity contribution in [2.75, 3.05) is 6.79 Å². The molecule has 0 fully saturated rings. The van der Waals surface area contributed by atoms with Crippen molar-refractivity contribution in [3.8, 4) is 11.5 Å². The Labute approximate surface area is 92.8 Å². The molecular formula is C12H12O4. The van der Waals surface area contributed by atoms with Crippen molar-refractivity contribution in [2.45, 2.75) is 25.2 Å². The molecule has 0 radical (unpaired) electrons. The second-order valence-electron chi connectivity index (χ2n) is 4.46. The predicted octanol–water partition coefficient (Wildman–Crippen LogP) is 1.70. The molecular weight excluding hydrogens is 208 g/mol. The number of hydrogen-bond donors (Lipinski definition) is 1. The van der Waals surface area contributed by atoms with Gasteiger partial charge in [0.1, 0.15) is 0 Å². The van der Waals surface area contributed by atoms with Gasteiger partial charge in [-0.3, -0.25) is 4.79 Å². The third-order valence-electron chi connectivity index (χ3n) is 3.58. The van der Waals surface area contributed by atoms with Crippen LogP contribution in [-0.4, -0.2) is 17.9 Å². The molecule has 0 aromatic heterocycles. The Balaban J connectivity index is 2.19. The maximum absolute atomic E-state index is 11.3.